The van der Waals surface area contributed by atoms with Gasteiger partial charge in [-0.05, 0) is 46.5 Å². The number of alkyl carbamates (subject to hydrolysis) is 1. The third-order valence-electron chi connectivity index (χ3n) is 3.39. The summed E-state index contributed by atoms with van der Waals surface area (Å²) in [7, 11) is 0. The smallest absolute Gasteiger partial charge is 0.407 e. The van der Waals surface area contributed by atoms with Crippen molar-refractivity contribution in [3.63, 3.8) is 0 Å². The van der Waals surface area contributed by atoms with E-state index in [1.165, 1.54) is 0 Å². The van der Waals surface area contributed by atoms with Crippen LogP contribution in [-0.2, 0) is 14.3 Å². The van der Waals surface area contributed by atoms with E-state index in [4.69, 9.17) is 10.5 Å². The van der Waals surface area contributed by atoms with E-state index in [2.05, 4.69) is 5.32 Å². The van der Waals surface area contributed by atoms with Gasteiger partial charge in [-0.2, -0.15) is 0 Å². The molecule has 0 bridgehead atoms. The minimum absolute atomic E-state index is 0.00400. The van der Waals surface area contributed by atoms with E-state index >= 15 is 0 Å². The minimum Gasteiger partial charge on any atom is -0.444 e. The number of amides is 3. The van der Waals surface area contributed by atoms with Gasteiger partial charge in [0.05, 0.1) is 0 Å². The lowest BCUT2D eigenvalue weighted by atomic mass is 10.1. The van der Waals surface area contributed by atoms with Crippen LogP contribution in [0.2, 0.25) is 0 Å². The van der Waals surface area contributed by atoms with Crippen molar-refractivity contribution in [3.8, 4) is 0 Å². The van der Waals surface area contributed by atoms with Crippen LogP contribution in [0.15, 0.2) is 0 Å². The van der Waals surface area contributed by atoms with E-state index in [1.807, 2.05) is 0 Å². The van der Waals surface area contributed by atoms with Gasteiger partial charge in [-0.25, -0.2) is 4.79 Å². The summed E-state index contributed by atoms with van der Waals surface area (Å²) in [6.45, 7) is 6.47. The Bertz CT molecular complexity index is 418. The third-order valence-corrected chi connectivity index (χ3v) is 3.39. The maximum atomic E-state index is 11.7. The average molecular weight is 313 g/mol. The molecule has 0 spiro atoms. The molecule has 0 radical (unpaired) electrons. The first-order valence-electron chi connectivity index (χ1n) is 7.76. The lowest BCUT2D eigenvalue weighted by Crippen LogP contribution is -2.45. The molecule has 0 aromatic carbocycles. The topological polar surface area (TPSA) is 102 Å². The Morgan fingerprint density at radius 3 is 2.55 bits per heavy atom. The predicted octanol–water partition coefficient (Wildman–Crippen LogP) is 1.16. The summed E-state index contributed by atoms with van der Waals surface area (Å²) in [6.07, 6.45) is 2.75. The van der Waals surface area contributed by atoms with Crippen LogP contribution in [0.5, 0.6) is 0 Å². The fraction of sp³-hybridized carbons (Fsp3) is 0.800. The van der Waals surface area contributed by atoms with Crippen molar-refractivity contribution in [2.75, 3.05) is 13.1 Å². The lowest BCUT2D eigenvalue weighted by Gasteiger charge is -2.25. The maximum Gasteiger partial charge on any atom is 0.407 e. The lowest BCUT2D eigenvalue weighted by molar-refractivity contribution is -0.136. The largest absolute Gasteiger partial charge is 0.444 e. The molecule has 0 aliphatic carbocycles. The number of likely N-dealkylation sites (tertiary alicyclic amines) is 1. The van der Waals surface area contributed by atoms with Gasteiger partial charge in [0.15, 0.2) is 0 Å². The zero-order valence-corrected chi connectivity index (χ0v) is 13.7. The molecule has 1 fully saturated rings. The number of primary amides is 1. The van der Waals surface area contributed by atoms with Crippen LogP contribution < -0.4 is 11.1 Å². The Hall–Kier alpha value is -1.79. The number of nitrogens with two attached hydrogens (primary N) is 1. The van der Waals surface area contributed by atoms with Crippen LogP contribution in [0.1, 0.15) is 52.9 Å². The molecule has 0 saturated carbocycles. The standard InChI is InChI=1S/C15H27N3O4/c1-15(2,3)22-14(21)17-9-5-4-7-11(13(16)20)18-10-6-8-12(18)19/h11H,4-10H2,1-3H3,(H2,16,20)(H,17,21)/t11-/m0/s1. The Balaban J connectivity index is 2.25. The molecule has 1 saturated heterocycles. The highest BCUT2D eigenvalue weighted by Gasteiger charge is 2.30. The molecule has 1 rings (SSSR count). The molecule has 1 heterocycles. The molecule has 7 nitrogen and oxygen atoms in total. The third kappa shape index (κ3) is 6.32. The zero-order valence-electron chi connectivity index (χ0n) is 13.7. The van der Waals surface area contributed by atoms with Gasteiger partial charge in [-0.3, -0.25) is 9.59 Å². The summed E-state index contributed by atoms with van der Waals surface area (Å²) in [5, 5.41) is 2.66. The number of unbranched alkanes of at least 4 members (excludes halogenated alkanes) is 1. The Kier molecular flexibility index (Phi) is 6.64. The van der Waals surface area contributed by atoms with Gasteiger partial charge in [0, 0.05) is 19.5 Å². The first-order valence-corrected chi connectivity index (χ1v) is 7.76. The first kappa shape index (κ1) is 18.3. The molecular weight excluding hydrogens is 286 g/mol. The number of carbonyl (C=O) groups excluding carboxylic acids is 3. The van der Waals surface area contributed by atoms with Crippen LogP contribution in [0, 0.1) is 0 Å². The number of hydrogen-bond donors (Lipinski definition) is 2. The van der Waals surface area contributed by atoms with Crippen LogP contribution in [0.25, 0.3) is 0 Å². The highest BCUT2D eigenvalue weighted by molar-refractivity contribution is 5.87. The minimum atomic E-state index is -0.531. The normalized spacial score (nSPS) is 16.5. The van der Waals surface area contributed by atoms with Crippen LogP contribution in [-0.4, -0.2) is 47.5 Å². The summed E-state index contributed by atoms with van der Waals surface area (Å²) in [4.78, 5) is 36.2. The summed E-state index contributed by atoms with van der Waals surface area (Å²) >= 11 is 0. The van der Waals surface area contributed by atoms with E-state index in [0.717, 1.165) is 6.42 Å². The van der Waals surface area contributed by atoms with Gasteiger partial charge >= 0.3 is 6.09 Å². The summed E-state index contributed by atoms with van der Waals surface area (Å²) < 4.78 is 5.12. The number of ether oxygens (including phenoxy) is 1. The van der Waals surface area contributed by atoms with Crippen LogP contribution >= 0.6 is 0 Å². The predicted molar refractivity (Wildman–Crippen MR) is 82.0 cm³/mol. The van der Waals surface area contributed by atoms with Crippen molar-refractivity contribution in [2.45, 2.75) is 64.5 Å². The second-order valence-electron chi connectivity index (χ2n) is 6.53. The molecule has 1 aliphatic rings. The van der Waals surface area contributed by atoms with Gasteiger partial charge in [0.2, 0.25) is 11.8 Å². The van der Waals surface area contributed by atoms with Crippen LogP contribution in [0.3, 0.4) is 0 Å². The van der Waals surface area contributed by atoms with E-state index in [1.54, 1.807) is 25.7 Å². The quantitative estimate of drug-likeness (QED) is 0.688. The molecule has 0 aromatic heterocycles. The van der Waals surface area contributed by atoms with Crippen LogP contribution in [0.4, 0.5) is 4.79 Å². The SMILES string of the molecule is CC(C)(C)OC(=O)NCCCC[C@@H](C(N)=O)N1CCCC1=O. The average Bonchev–Trinajstić information content (AvgIpc) is 2.77. The van der Waals surface area contributed by atoms with Crippen molar-refractivity contribution < 1.29 is 19.1 Å². The molecule has 1 aliphatic heterocycles. The van der Waals surface area contributed by atoms with Crippen molar-refractivity contribution >= 4 is 17.9 Å². The number of nitrogens with zero attached hydrogens (tertiary/aromatic N) is 1. The Morgan fingerprint density at radius 2 is 2.05 bits per heavy atom. The van der Waals surface area contributed by atoms with Crippen molar-refractivity contribution in [3.05, 3.63) is 0 Å². The second kappa shape index (κ2) is 8.00. The summed E-state index contributed by atoms with van der Waals surface area (Å²) in [6, 6.07) is -0.531. The number of hydrogen-bond acceptors (Lipinski definition) is 4. The molecule has 22 heavy (non-hydrogen) atoms. The molecule has 126 valence electrons. The molecule has 7 heteroatoms. The van der Waals surface area contributed by atoms with Crippen molar-refractivity contribution in [1.29, 1.82) is 0 Å². The van der Waals surface area contributed by atoms with Gasteiger partial charge < -0.3 is 20.7 Å². The van der Waals surface area contributed by atoms with E-state index in [-0.39, 0.29) is 5.91 Å². The van der Waals surface area contributed by atoms with Crippen molar-refractivity contribution in [2.24, 2.45) is 5.73 Å². The van der Waals surface area contributed by atoms with Gasteiger partial charge in [-0.15, -0.1) is 0 Å². The monoisotopic (exact) mass is 313 g/mol. The highest BCUT2D eigenvalue weighted by atomic mass is 16.6. The van der Waals surface area contributed by atoms with E-state index < -0.39 is 23.6 Å². The van der Waals surface area contributed by atoms with Gasteiger partial charge in [0.25, 0.3) is 0 Å². The fourth-order valence-corrected chi connectivity index (χ4v) is 2.42. The Labute approximate surface area is 131 Å². The number of carbonyl (C=O) groups is 3. The first-order chi connectivity index (χ1) is 10.2. The maximum absolute atomic E-state index is 11.7. The van der Waals surface area contributed by atoms with Gasteiger partial charge in [-0.1, -0.05) is 0 Å². The van der Waals surface area contributed by atoms with E-state index in [0.29, 0.717) is 38.8 Å². The second-order valence-corrected chi connectivity index (χ2v) is 6.53. The summed E-state index contributed by atoms with van der Waals surface area (Å²) in [5.41, 5.74) is 4.87. The summed E-state index contributed by atoms with van der Waals surface area (Å²) in [5.74, 6) is -0.467. The molecular formula is C15H27N3O4. The molecule has 3 N–H and O–H groups in total. The molecule has 0 aromatic rings. The molecule has 1 atom stereocenters. The zero-order chi connectivity index (χ0) is 16.8. The highest BCUT2D eigenvalue weighted by Crippen LogP contribution is 2.17. The Morgan fingerprint density at radius 1 is 1.36 bits per heavy atom. The molecule has 3 amide bonds. The van der Waals surface area contributed by atoms with Crippen molar-refractivity contribution in [1.82, 2.24) is 10.2 Å². The van der Waals surface area contributed by atoms with E-state index in [9.17, 15) is 14.4 Å². The fourth-order valence-electron chi connectivity index (χ4n) is 2.42. The number of rotatable bonds is 7. The molecule has 0 unspecified atom stereocenters. The van der Waals surface area contributed by atoms with Gasteiger partial charge in [0.1, 0.15) is 11.6 Å². The number of nitrogens with one attached hydrogen (secondary N) is 1.